The van der Waals surface area contributed by atoms with E-state index in [1.54, 1.807) is 6.92 Å². The average molecular weight is 299 g/mol. The van der Waals surface area contributed by atoms with E-state index in [4.69, 9.17) is 9.47 Å². The highest BCUT2D eigenvalue weighted by molar-refractivity contribution is 5.80. The van der Waals surface area contributed by atoms with Gasteiger partial charge in [0.05, 0.1) is 7.11 Å². The van der Waals surface area contributed by atoms with Gasteiger partial charge in [0.15, 0.2) is 6.10 Å². The Bertz CT molecular complexity index is 297. The second kappa shape index (κ2) is 8.46. The van der Waals surface area contributed by atoms with Crippen LogP contribution >= 0.6 is 0 Å². The molecule has 2 unspecified atom stereocenters. The van der Waals surface area contributed by atoms with Crippen molar-refractivity contribution in [3.63, 3.8) is 0 Å². The highest BCUT2D eigenvalue weighted by Gasteiger charge is 2.37. The van der Waals surface area contributed by atoms with E-state index < -0.39 is 23.8 Å². The van der Waals surface area contributed by atoms with Crippen LogP contribution in [-0.4, -0.2) is 44.0 Å². The van der Waals surface area contributed by atoms with Gasteiger partial charge >= 0.3 is 12.1 Å². The van der Waals surface area contributed by atoms with Gasteiger partial charge in [-0.1, -0.05) is 6.92 Å². The van der Waals surface area contributed by atoms with E-state index in [1.807, 2.05) is 6.92 Å². The van der Waals surface area contributed by atoms with Crippen molar-refractivity contribution in [3.05, 3.63) is 0 Å². The summed E-state index contributed by atoms with van der Waals surface area (Å²) in [6.07, 6.45) is -4.62. The molecule has 0 rings (SSSR count). The molecule has 0 aromatic heterocycles. The van der Waals surface area contributed by atoms with Crippen LogP contribution in [0.1, 0.15) is 40.0 Å². The second-order valence-electron chi connectivity index (χ2n) is 4.91. The lowest BCUT2D eigenvalue weighted by Gasteiger charge is -2.28. The van der Waals surface area contributed by atoms with Crippen LogP contribution in [0.15, 0.2) is 0 Å². The van der Waals surface area contributed by atoms with Crippen molar-refractivity contribution < 1.29 is 27.4 Å². The standard InChI is InChI=1S/C13H24F3NO3/c1-5-8-17-12(3,11(18)19-4)7-6-9-20-10(2)13(14,15)16/h10,17H,5-9H2,1-4H3. The topological polar surface area (TPSA) is 47.6 Å². The number of rotatable bonds is 9. The molecule has 0 fully saturated rings. The number of carbonyl (C=O) groups excluding carboxylic acids is 1. The summed E-state index contributed by atoms with van der Waals surface area (Å²) in [7, 11) is 1.29. The molecular formula is C13H24F3NO3. The first-order valence-electron chi connectivity index (χ1n) is 6.69. The first-order valence-corrected chi connectivity index (χ1v) is 6.69. The molecule has 0 amide bonds. The Hall–Kier alpha value is -0.820. The number of carbonyl (C=O) groups is 1. The van der Waals surface area contributed by atoms with E-state index in [0.29, 0.717) is 19.4 Å². The van der Waals surface area contributed by atoms with Crippen LogP contribution in [0.5, 0.6) is 0 Å². The molecule has 0 heterocycles. The summed E-state index contributed by atoms with van der Waals surface area (Å²) in [5.41, 5.74) is -0.893. The fourth-order valence-corrected chi connectivity index (χ4v) is 1.67. The number of ether oxygens (including phenoxy) is 2. The summed E-state index contributed by atoms with van der Waals surface area (Å²) in [5, 5.41) is 3.06. The Balaban J connectivity index is 4.25. The van der Waals surface area contributed by atoms with Crippen LogP contribution < -0.4 is 5.32 Å². The summed E-state index contributed by atoms with van der Waals surface area (Å²) in [6.45, 7) is 5.18. The third kappa shape index (κ3) is 6.56. The minimum atomic E-state index is -4.36. The molecule has 0 radical (unpaired) electrons. The minimum absolute atomic E-state index is 0.0545. The molecule has 0 spiro atoms. The molecule has 7 heteroatoms. The van der Waals surface area contributed by atoms with Crippen LogP contribution in [0.4, 0.5) is 13.2 Å². The second-order valence-corrected chi connectivity index (χ2v) is 4.91. The Morgan fingerprint density at radius 1 is 1.35 bits per heavy atom. The molecule has 0 aliphatic heterocycles. The van der Waals surface area contributed by atoms with Gasteiger partial charge in [-0.15, -0.1) is 0 Å². The first-order chi connectivity index (χ1) is 9.17. The normalized spacial score (nSPS) is 16.6. The Morgan fingerprint density at radius 3 is 2.40 bits per heavy atom. The van der Waals surface area contributed by atoms with Gasteiger partial charge in [0, 0.05) is 6.61 Å². The molecule has 20 heavy (non-hydrogen) atoms. The lowest BCUT2D eigenvalue weighted by molar-refractivity contribution is -0.214. The van der Waals surface area contributed by atoms with Crippen LogP contribution in [0.3, 0.4) is 0 Å². The van der Waals surface area contributed by atoms with Gasteiger partial charge in [-0.05, 0) is 39.7 Å². The van der Waals surface area contributed by atoms with Crippen LogP contribution in [0, 0.1) is 0 Å². The van der Waals surface area contributed by atoms with Crippen molar-refractivity contribution in [1.29, 1.82) is 0 Å². The number of hydrogen-bond acceptors (Lipinski definition) is 4. The molecule has 0 aliphatic carbocycles. The van der Waals surface area contributed by atoms with E-state index in [2.05, 4.69) is 5.32 Å². The number of methoxy groups -OCH3 is 1. The van der Waals surface area contributed by atoms with Crippen molar-refractivity contribution in [2.75, 3.05) is 20.3 Å². The summed E-state index contributed by atoms with van der Waals surface area (Å²) in [4.78, 5) is 11.7. The fourth-order valence-electron chi connectivity index (χ4n) is 1.67. The lowest BCUT2D eigenvalue weighted by atomic mass is 9.96. The predicted octanol–water partition coefficient (Wildman–Crippen LogP) is 2.67. The minimum Gasteiger partial charge on any atom is -0.468 e. The number of halogens is 3. The molecule has 2 atom stereocenters. The lowest BCUT2D eigenvalue weighted by Crippen LogP contribution is -2.50. The zero-order valence-electron chi connectivity index (χ0n) is 12.5. The van der Waals surface area contributed by atoms with Crippen LogP contribution in [-0.2, 0) is 14.3 Å². The highest BCUT2D eigenvalue weighted by Crippen LogP contribution is 2.23. The quantitative estimate of drug-likeness (QED) is 0.525. The number of nitrogens with one attached hydrogen (secondary N) is 1. The maximum Gasteiger partial charge on any atom is 0.414 e. The van der Waals surface area contributed by atoms with E-state index in [9.17, 15) is 18.0 Å². The number of alkyl halides is 3. The van der Waals surface area contributed by atoms with Gasteiger partial charge in [-0.3, -0.25) is 4.79 Å². The Kier molecular flexibility index (Phi) is 8.12. The van der Waals surface area contributed by atoms with Gasteiger partial charge in [0.2, 0.25) is 0 Å². The molecule has 0 aromatic carbocycles. The van der Waals surface area contributed by atoms with E-state index >= 15 is 0 Å². The van der Waals surface area contributed by atoms with Crippen molar-refractivity contribution >= 4 is 5.97 Å². The molecule has 1 N–H and O–H groups in total. The van der Waals surface area contributed by atoms with Crippen molar-refractivity contribution in [1.82, 2.24) is 5.32 Å². The molecule has 0 bridgehead atoms. The zero-order chi connectivity index (χ0) is 15.8. The van der Waals surface area contributed by atoms with E-state index in [0.717, 1.165) is 13.3 Å². The summed E-state index contributed by atoms with van der Waals surface area (Å²) in [6, 6.07) is 0. The van der Waals surface area contributed by atoms with Crippen LogP contribution in [0.2, 0.25) is 0 Å². The highest BCUT2D eigenvalue weighted by atomic mass is 19.4. The molecule has 120 valence electrons. The van der Waals surface area contributed by atoms with Gasteiger partial charge < -0.3 is 14.8 Å². The van der Waals surface area contributed by atoms with Crippen LogP contribution in [0.25, 0.3) is 0 Å². The summed E-state index contributed by atoms with van der Waals surface area (Å²) >= 11 is 0. The third-order valence-corrected chi connectivity index (χ3v) is 3.05. The fraction of sp³-hybridized carbons (Fsp3) is 0.923. The summed E-state index contributed by atoms with van der Waals surface area (Å²) in [5.74, 6) is -0.421. The molecule has 0 aliphatic rings. The number of hydrogen-bond donors (Lipinski definition) is 1. The molecule has 0 aromatic rings. The molecule has 0 saturated heterocycles. The monoisotopic (exact) mass is 299 g/mol. The van der Waals surface area contributed by atoms with E-state index in [1.165, 1.54) is 7.11 Å². The van der Waals surface area contributed by atoms with Crippen molar-refractivity contribution in [3.8, 4) is 0 Å². The smallest absolute Gasteiger partial charge is 0.414 e. The average Bonchev–Trinajstić information content (AvgIpc) is 2.38. The SMILES string of the molecule is CCCNC(C)(CCCOC(C)C(F)(F)F)C(=O)OC. The van der Waals surface area contributed by atoms with Gasteiger partial charge in [-0.2, -0.15) is 13.2 Å². The molecule has 4 nitrogen and oxygen atoms in total. The third-order valence-electron chi connectivity index (χ3n) is 3.05. The Labute approximate surface area is 118 Å². The maximum atomic E-state index is 12.2. The largest absolute Gasteiger partial charge is 0.468 e. The van der Waals surface area contributed by atoms with Gasteiger partial charge in [0.25, 0.3) is 0 Å². The van der Waals surface area contributed by atoms with Gasteiger partial charge in [-0.25, -0.2) is 0 Å². The molecule has 0 saturated carbocycles. The van der Waals surface area contributed by atoms with Crippen molar-refractivity contribution in [2.45, 2.75) is 57.9 Å². The maximum absolute atomic E-state index is 12.2. The zero-order valence-corrected chi connectivity index (χ0v) is 12.5. The van der Waals surface area contributed by atoms with E-state index in [-0.39, 0.29) is 6.61 Å². The first kappa shape index (κ1) is 19.2. The summed E-state index contributed by atoms with van der Waals surface area (Å²) < 4.78 is 46.2. The molecular weight excluding hydrogens is 275 g/mol. The Morgan fingerprint density at radius 2 is 1.95 bits per heavy atom. The predicted molar refractivity (Wildman–Crippen MR) is 69.4 cm³/mol. The van der Waals surface area contributed by atoms with Gasteiger partial charge in [0.1, 0.15) is 5.54 Å². The number of esters is 1. The van der Waals surface area contributed by atoms with Crippen molar-refractivity contribution in [2.24, 2.45) is 0 Å².